The molecule has 0 aliphatic carbocycles. The first-order valence-electron chi connectivity index (χ1n) is 6.98. The Morgan fingerprint density at radius 1 is 0.889 bits per heavy atom. The van der Waals surface area contributed by atoms with E-state index in [1.165, 1.54) is 0 Å². The highest BCUT2D eigenvalue weighted by Gasteiger charge is 2.34. The van der Waals surface area contributed by atoms with Gasteiger partial charge >= 0.3 is 6.16 Å². The van der Waals surface area contributed by atoms with Crippen molar-refractivity contribution in [3.63, 3.8) is 0 Å². The molecule has 0 N–H and O–H groups in total. The van der Waals surface area contributed by atoms with E-state index in [1.54, 1.807) is 0 Å². The van der Waals surface area contributed by atoms with Gasteiger partial charge in [0.05, 0.1) is 0 Å². The maximum absolute atomic E-state index is 11.9. The van der Waals surface area contributed by atoms with Gasteiger partial charge in [-0.15, -0.1) is 0 Å². The molecule has 0 rings (SSSR count). The van der Waals surface area contributed by atoms with Gasteiger partial charge in [-0.3, -0.25) is 0 Å². The summed E-state index contributed by atoms with van der Waals surface area (Å²) in [5.74, 6) is 0.605. The Labute approximate surface area is 112 Å². The highest BCUT2D eigenvalue weighted by Crippen LogP contribution is 2.28. The first kappa shape index (κ1) is 17.3. The van der Waals surface area contributed by atoms with Crippen molar-refractivity contribution in [2.75, 3.05) is 0 Å². The van der Waals surface area contributed by atoms with E-state index in [-0.39, 0.29) is 0 Å². The lowest BCUT2D eigenvalue weighted by Gasteiger charge is -2.34. The lowest BCUT2D eigenvalue weighted by molar-refractivity contribution is -0.0904. The molecular weight excluding hydrogens is 228 g/mol. The highest BCUT2D eigenvalue weighted by atomic mass is 16.7. The Kier molecular flexibility index (Phi) is 6.18. The van der Waals surface area contributed by atoms with Crippen LogP contribution in [0.25, 0.3) is 0 Å². The zero-order valence-corrected chi connectivity index (χ0v) is 13.3. The number of carbonyl (C=O) groups is 1. The average Bonchev–Trinajstić information content (AvgIpc) is 2.24. The molecule has 0 saturated heterocycles. The van der Waals surface area contributed by atoms with E-state index in [2.05, 4.69) is 27.7 Å². The molecule has 0 aliphatic rings. The molecule has 0 fully saturated rings. The number of rotatable bonds is 6. The Hall–Kier alpha value is -0.730. The second-order valence-corrected chi connectivity index (χ2v) is 6.28. The molecule has 0 radical (unpaired) electrons. The summed E-state index contributed by atoms with van der Waals surface area (Å²) in [5.41, 5.74) is -0.977. The molecule has 0 saturated carbocycles. The van der Waals surface area contributed by atoms with Crippen molar-refractivity contribution in [1.82, 2.24) is 0 Å². The Balaban J connectivity index is 4.52. The van der Waals surface area contributed by atoms with Crippen LogP contribution in [-0.2, 0) is 9.47 Å². The van der Waals surface area contributed by atoms with Gasteiger partial charge in [-0.1, -0.05) is 27.7 Å². The predicted octanol–water partition coefficient (Wildman–Crippen LogP) is 4.79. The molecule has 18 heavy (non-hydrogen) atoms. The molecule has 0 heterocycles. The summed E-state index contributed by atoms with van der Waals surface area (Å²) in [4.78, 5) is 11.9. The van der Waals surface area contributed by atoms with E-state index in [4.69, 9.17) is 9.47 Å². The van der Waals surface area contributed by atoms with Crippen LogP contribution in [0.1, 0.15) is 68.2 Å². The summed E-state index contributed by atoms with van der Waals surface area (Å²) in [6.07, 6.45) is 1.37. The van der Waals surface area contributed by atoms with Crippen LogP contribution in [0.5, 0.6) is 0 Å². The van der Waals surface area contributed by atoms with Gasteiger partial charge in [-0.05, 0) is 52.4 Å². The molecule has 2 atom stereocenters. The third-order valence-electron chi connectivity index (χ3n) is 4.29. The van der Waals surface area contributed by atoms with Gasteiger partial charge in [-0.25, -0.2) is 4.79 Å². The van der Waals surface area contributed by atoms with E-state index in [1.807, 2.05) is 27.7 Å². The molecular formula is C15H30O3. The number of ether oxygens (including phenoxy) is 2. The van der Waals surface area contributed by atoms with Crippen molar-refractivity contribution >= 4 is 6.16 Å². The predicted molar refractivity (Wildman–Crippen MR) is 74.6 cm³/mol. The van der Waals surface area contributed by atoms with Crippen molar-refractivity contribution in [3.05, 3.63) is 0 Å². The van der Waals surface area contributed by atoms with E-state index < -0.39 is 17.4 Å². The van der Waals surface area contributed by atoms with Gasteiger partial charge < -0.3 is 9.47 Å². The van der Waals surface area contributed by atoms with Crippen LogP contribution >= 0.6 is 0 Å². The van der Waals surface area contributed by atoms with Gasteiger partial charge in [0, 0.05) is 0 Å². The summed E-state index contributed by atoms with van der Waals surface area (Å²) < 4.78 is 10.9. The van der Waals surface area contributed by atoms with Crippen LogP contribution in [0.2, 0.25) is 0 Å². The maximum atomic E-state index is 11.9. The molecule has 0 aromatic heterocycles. The first-order chi connectivity index (χ1) is 8.06. The highest BCUT2D eigenvalue weighted by molar-refractivity contribution is 5.61. The number of hydrogen-bond acceptors (Lipinski definition) is 3. The smallest absolute Gasteiger partial charge is 0.428 e. The lowest BCUT2D eigenvalue weighted by atomic mass is 9.90. The van der Waals surface area contributed by atoms with Gasteiger partial charge in [0.15, 0.2) is 0 Å². The third-order valence-corrected chi connectivity index (χ3v) is 4.29. The standard InChI is InChI=1S/C15H30O3/c1-9-11(3)14(5,6)17-13(16)18-15(7,8)12(4)10-2/h11-12H,9-10H2,1-8H3. The molecule has 3 nitrogen and oxygen atoms in total. The average molecular weight is 258 g/mol. The van der Waals surface area contributed by atoms with Crippen molar-refractivity contribution in [2.45, 2.75) is 79.4 Å². The van der Waals surface area contributed by atoms with Crippen molar-refractivity contribution in [2.24, 2.45) is 11.8 Å². The minimum atomic E-state index is -0.564. The van der Waals surface area contributed by atoms with E-state index in [0.717, 1.165) is 12.8 Å². The van der Waals surface area contributed by atoms with Crippen LogP contribution in [0, 0.1) is 11.8 Å². The van der Waals surface area contributed by atoms with Crippen LogP contribution < -0.4 is 0 Å². The van der Waals surface area contributed by atoms with E-state index >= 15 is 0 Å². The quantitative estimate of drug-likeness (QED) is 0.643. The Bertz CT molecular complexity index is 243. The summed E-state index contributed by atoms with van der Waals surface area (Å²) in [6.45, 7) is 16.0. The van der Waals surface area contributed by atoms with Crippen molar-refractivity contribution in [1.29, 1.82) is 0 Å². The molecule has 0 amide bonds. The second kappa shape index (κ2) is 6.44. The molecule has 0 bridgehead atoms. The second-order valence-electron chi connectivity index (χ2n) is 6.28. The number of carbonyl (C=O) groups excluding carboxylic acids is 1. The number of hydrogen-bond donors (Lipinski definition) is 0. The van der Waals surface area contributed by atoms with Crippen LogP contribution in [0.15, 0.2) is 0 Å². The molecule has 0 aliphatic heterocycles. The summed E-state index contributed by atoms with van der Waals surface area (Å²) in [6, 6.07) is 0. The largest absolute Gasteiger partial charge is 0.509 e. The Morgan fingerprint density at radius 3 is 1.39 bits per heavy atom. The fraction of sp³-hybridized carbons (Fsp3) is 0.933. The SMILES string of the molecule is CCC(C)C(C)(C)OC(=O)OC(C)(C)C(C)CC. The molecule has 0 aromatic rings. The lowest BCUT2D eigenvalue weighted by Crippen LogP contribution is -2.40. The zero-order valence-electron chi connectivity index (χ0n) is 13.3. The molecule has 2 unspecified atom stereocenters. The fourth-order valence-electron chi connectivity index (χ4n) is 1.63. The van der Waals surface area contributed by atoms with E-state index in [9.17, 15) is 4.79 Å². The normalized spacial score (nSPS) is 16.0. The molecule has 0 spiro atoms. The Morgan fingerprint density at radius 2 is 1.17 bits per heavy atom. The van der Waals surface area contributed by atoms with Crippen molar-refractivity contribution in [3.8, 4) is 0 Å². The minimum absolute atomic E-state index is 0.303. The van der Waals surface area contributed by atoms with Gasteiger partial charge in [0.2, 0.25) is 0 Å². The third kappa shape index (κ3) is 4.87. The van der Waals surface area contributed by atoms with Crippen LogP contribution in [0.3, 0.4) is 0 Å². The van der Waals surface area contributed by atoms with Gasteiger partial charge in [0.1, 0.15) is 11.2 Å². The van der Waals surface area contributed by atoms with Gasteiger partial charge in [-0.2, -0.15) is 0 Å². The molecule has 3 heteroatoms. The van der Waals surface area contributed by atoms with E-state index in [0.29, 0.717) is 11.8 Å². The molecule has 0 aromatic carbocycles. The molecule has 108 valence electrons. The first-order valence-corrected chi connectivity index (χ1v) is 6.98. The summed E-state index contributed by atoms with van der Waals surface area (Å²) >= 11 is 0. The zero-order chi connectivity index (χ0) is 14.6. The van der Waals surface area contributed by atoms with Crippen LogP contribution in [0.4, 0.5) is 4.79 Å². The summed E-state index contributed by atoms with van der Waals surface area (Å²) in [5, 5.41) is 0. The monoisotopic (exact) mass is 258 g/mol. The topological polar surface area (TPSA) is 35.5 Å². The fourth-order valence-corrected chi connectivity index (χ4v) is 1.63. The van der Waals surface area contributed by atoms with Crippen LogP contribution in [-0.4, -0.2) is 17.4 Å². The maximum Gasteiger partial charge on any atom is 0.509 e. The van der Waals surface area contributed by atoms with Gasteiger partial charge in [0.25, 0.3) is 0 Å². The summed E-state index contributed by atoms with van der Waals surface area (Å²) in [7, 11) is 0. The van der Waals surface area contributed by atoms with Crippen molar-refractivity contribution < 1.29 is 14.3 Å². The minimum Gasteiger partial charge on any atom is -0.428 e.